The second-order valence-corrected chi connectivity index (χ2v) is 7.19. The van der Waals surface area contributed by atoms with Crippen molar-refractivity contribution in [1.29, 1.82) is 0 Å². The lowest BCUT2D eigenvalue weighted by Crippen LogP contribution is -2.53. The van der Waals surface area contributed by atoms with Gasteiger partial charge in [-0.25, -0.2) is 9.59 Å². The standard InChI is InChI=1S/C25H20N2O6/c1-2-32-24(30)18-10-8-17(9-11-18)21-13-12-19(33-21)14-20-22(28)26-25(31)27(23(20)29)15-16-6-4-3-5-7-16/h3-14H,2,15H2,1H3,(H,26,28,31). The molecular weight excluding hydrogens is 424 g/mol. The molecule has 0 bridgehead atoms. The first kappa shape index (κ1) is 21.8. The third-order valence-corrected chi connectivity index (χ3v) is 4.96. The van der Waals surface area contributed by atoms with Gasteiger partial charge in [0.1, 0.15) is 17.1 Å². The zero-order valence-electron chi connectivity index (χ0n) is 17.7. The molecule has 1 fully saturated rings. The topological polar surface area (TPSA) is 106 Å². The zero-order chi connectivity index (χ0) is 23.4. The molecule has 33 heavy (non-hydrogen) atoms. The van der Waals surface area contributed by atoms with Gasteiger partial charge in [-0.15, -0.1) is 0 Å². The van der Waals surface area contributed by atoms with Crippen LogP contribution < -0.4 is 5.32 Å². The van der Waals surface area contributed by atoms with Crippen molar-refractivity contribution in [1.82, 2.24) is 10.2 Å². The maximum Gasteiger partial charge on any atom is 0.338 e. The Balaban J connectivity index is 1.55. The Morgan fingerprint density at radius 2 is 1.73 bits per heavy atom. The highest BCUT2D eigenvalue weighted by Gasteiger charge is 2.35. The second-order valence-electron chi connectivity index (χ2n) is 7.19. The molecule has 0 saturated carbocycles. The number of carbonyl (C=O) groups is 4. The molecule has 1 saturated heterocycles. The molecule has 8 heteroatoms. The van der Waals surface area contributed by atoms with Gasteiger partial charge < -0.3 is 9.15 Å². The minimum Gasteiger partial charge on any atom is -0.462 e. The first-order valence-corrected chi connectivity index (χ1v) is 10.3. The fourth-order valence-electron chi connectivity index (χ4n) is 3.32. The van der Waals surface area contributed by atoms with Crippen molar-refractivity contribution in [3.8, 4) is 11.3 Å². The van der Waals surface area contributed by atoms with Crippen LogP contribution in [0.15, 0.2) is 76.7 Å². The minimum atomic E-state index is -0.786. The Bertz CT molecular complexity index is 1240. The molecule has 4 rings (SSSR count). The van der Waals surface area contributed by atoms with Crippen LogP contribution in [0.3, 0.4) is 0 Å². The average Bonchev–Trinajstić information content (AvgIpc) is 3.29. The minimum absolute atomic E-state index is 0.0341. The summed E-state index contributed by atoms with van der Waals surface area (Å²) in [6.07, 6.45) is 1.30. The molecule has 166 valence electrons. The van der Waals surface area contributed by atoms with E-state index in [1.54, 1.807) is 67.6 Å². The summed E-state index contributed by atoms with van der Waals surface area (Å²) >= 11 is 0. The molecule has 0 atom stereocenters. The SMILES string of the molecule is CCOC(=O)c1ccc(-c2ccc(C=C3C(=O)NC(=O)N(Cc4ccccc4)C3=O)o2)cc1. The van der Waals surface area contributed by atoms with Gasteiger partial charge in [-0.1, -0.05) is 42.5 Å². The Hall–Kier alpha value is -4.46. The van der Waals surface area contributed by atoms with Gasteiger partial charge in [-0.3, -0.25) is 19.8 Å². The molecule has 1 N–H and O–H groups in total. The van der Waals surface area contributed by atoms with Crippen LogP contribution in [0.2, 0.25) is 0 Å². The molecule has 0 radical (unpaired) electrons. The van der Waals surface area contributed by atoms with Crippen LogP contribution in [0.5, 0.6) is 0 Å². The molecule has 1 aliphatic rings. The summed E-state index contributed by atoms with van der Waals surface area (Å²) in [5.74, 6) is -1.15. The summed E-state index contributed by atoms with van der Waals surface area (Å²) in [5.41, 5.74) is 1.67. The van der Waals surface area contributed by atoms with Gasteiger partial charge in [0.25, 0.3) is 11.8 Å². The fraction of sp³-hybridized carbons (Fsp3) is 0.120. The highest BCUT2D eigenvalue weighted by atomic mass is 16.5. The molecule has 2 heterocycles. The van der Waals surface area contributed by atoms with Crippen LogP contribution in [0.4, 0.5) is 4.79 Å². The predicted octanol–water partition coefficient (Wildman–Crippen LogP) is 3.79. The van der Waals surface area contributed by atoms with Gasteiger partial charge in [0.05, 0.1) is 18.7 Å². The monoisotopic (exact) mass is 444 g/mol. The number of imide groups is 2. The number of ether oxygens (including phenoxy) is 1. The van der Waals surface area contributed by atoms with E-state index in [-0.39, 0.29) is 24.5 Å². The lowest BCUT2D eigenvalue weighted by Gasteiger charge is -2.26. The number of urea groups is 1. The van der Waals surface area contributed by atoms with E-state index in [4.69, 9.17) is 9.15 Å². The number of nitrogens with one attached hydrogen (secondary N) is 1. The predicted molar refractivity (Wildman–Crippen MR) is 119 cm³/mol. The molecular formula is C25H20N2O6. The van der Waals surface area contributed by atoms with Crippen molar-refractivity contribution in [3.05, 3.63) is 89.2 Å². The molecule has 1 aliphatic heterocycles. The number of rotatable bonds is 6. The largest absolute Gasteiger partial charge is 0.462 e. The highest BCUT2D eigenvalue weighted by Crippen LogP contribution is 2.25. The Morgan fingerprint density at radius 1 is 1.00 bits per heavy atom. The molecule has 3 aromatic rings. The van der Waals surface area contributed by atoms with E-state index in [1.807, 2.05) is 6.07 Å². The Labute approximate surface area is 189 Å². The van der Waals surface area contributed by atoms with Crippen molar-refractivity contribution in [2.24, 2.45) is 0 Å². The summed E-state index contributed by atoms with van der Waals surface area (Å²) in [6, 6.07) is 18.2. The maximum absolute atomic E-state index is 12.9. The molecule has 0 unspecified atom stereocenters. The van der Waals surface area contributed by atoms with E-state index in [0.717, 1.165) is 10.5 Å². The van der Waals surface area contributed by atoms with Crippen LogP contribution in [-0.2, 0) is 20.9 Å². The summed E-state index contributed by atoms with van der Waals surface area (Å²) in [4.78, 5) is 50.2. The summed E-state index contributed by atoms with van der Waals surface area (Å²) < 4.78 is 10.7. The molecule has 0 spiro atoms. The van der Waals surface area contributed by atoms with Crippen LogP contribution in [0.1, 0.15) is 28.6 Å². The normalized spacial score (nSPS) is 15.0. The third-order valence-electron chi connectivity index (χ3n) is 4.96. The number of esters is 1. The van der Waals surface area contributed by atoms with Crippen molar-refractivity contribution >= 4 is 29.9 Å². The lowest BCUT2D eigenvalue weighted by molar-refractivity contribution is -0.130. The van der Waals surface area contributed by atoms with E-state index in [1.165, 1.54) is 6.08 Å². The number of barbiturate groups is 1. The van der Waals surface area contributed by atoms with E-state index in [2.05, 4.69) is 5.32 Å². The van der Waals surface area contributed by atoms with E-state index >= 15 is 0 Å². The number of hydrogen-bond acceptors (Lipinski definition) is 6. The van der Waals surface area contributed by atoms with E-state index in [0.29, 0.717) is 16.9 Å². The first-order chi connectivity index (χ1) is 16.0. The Morgan fingerprint density at radius 3 is 2.42 bits per heavy atom. The van der Waals surface area contributed by atoms with Gasteiger partial charge in [0.2, 0.25) is 0 Å². The fourth-order valence-corrected chi connectivity index (χ4v) is 3.32. The number of nitrogens with zero attached hydrogens (tertiary/aromatic N) is 1. The molecule has 4 amide bonds. The summed E-state index contributed by atoms with van der Waals surface area (Å²) in [7, 11) is 0. The zero-order valence-corrected chi connectivity index (χ0v) is 17.7. The van der Waals surface area contributed by atoms with Crippen LogP contribution in [0, 0.1) is 0 Å². The van der Waals surface area contributed by atoms with Gasteiger partial charge in [0, 0.05) is 5.56 Å². The van der Waals surface area contributed by atoms with Gasteiger partial charge in [0.15, 0.2) is 0 Å². The highest BCUT2D eigenvalue weighted by molar-refractivity contribution is 6.30. The van der Waals surface area contributed by atoms with Gasteiger partial charge in [-0.05, 0) is 42.8 Å². The number of amides is 4. The van der Waals surface area contributed by atoms with E-state index in [9.17, 15) is 19.2 Å². The number of carbonyl (C=O) groups excluding carboxylic acids is 4. The van der Waals surface area contributed by atoms with Gasteiger partial charge >= 0.3 is 12.0 Å². The van der Waals surface area contributed by atoms with Crippen molar-refractivity contribution in [2.45, 2.75) is 13.5 Å². The average molecular weight is 444 g/mol. The first-order valence-electron chi connectivity index (χ1n) is 10.3. The summed E-state index contributed by atoms with van der Waals surface area (Å²) in [5, 5.41) is 2.19. The van der Waals surface area contributed by atoms with Crippen molar-refractivity contribution in [2.75, 3.05) is 6.61 Å². The van der Waals surface area contributed by atoms with E-state index < -0.39 is 23.8 Å². The van der Waals surface area contributed by atoms with Crippen molar-refractivity contribution in [3.63, 3.8) is 0 Å². The van der Waals surface area contributed by atoms with Crippen molar-refractivity contribution < 1.29 is 28.3 Å². The molecule has 1 aromatic heterocycles. The smallest absolute Gasteiger partial charge is 0.338 e. The quantitative estimate of drug-likeness (QED) is 0.352. The lowest BCUT2D eigenvalue weighted by atomic mass is 10.1. The molecule has 2 aromatic carbocycles. The second kappa shape index (κ2) is 9.35. The van der Waals surface area contributed by atoms with Crippen LogP contribution >= 0.6 is 0 Å². The maximum atomic E-state index is 12.9. The number of furan rings is 1. The van der Waals surface area contributed by atoms with Crippen LogP contribution in [-0.4, -0.2) is 35.3 Å². The number of benzene rings is 2. The third kappa shape index (κ3) is 4.74. The number of hydrogen-bond donors (Lipinski definition) is 1. The summed E-state index contributed by atoms with van der Waals surface area (Å²) in [6.45, 7) is 2.06. The van der Waals surface area contributed by atoms with Gasteiger partial charge in [-0.2, -0.15) is 0 Å². The molecule has 0 aliphatic carbocycles. The van der Waals surface area contributed by atoms with Crippen LogP contribution in [0.25, 0.3) is 17.4 Å². The molecule has 8 nitrogen and oxygen atoms in total. The Kier molecular flexibility index (Phi) is 6.17.